The summed E-state index contributed by atoms with van der Waals surface area (Å²) in [5.74, 6) is -0.106. The molecular weight excluding hydrogens is 285 g/mol. The van der Waals surface area contributed by atoms with Crippen LogP contribution < -0.4 is 5.32 Å². The van der Waals surface area contributed by atoms with Crippen molar-refractivity contribution in [3.05, 3.63) is 23.1 Å². The molecule has 1 unspecified atom stereocenters. The van der Waals surface area contributed by atoms with Gasteiger partial charge in [0.15, 0.2) is 11.0 Å². The minimum atomic E-state index is -0.302. The molecule has 0 saturated heterocycles. The van der Waals surface area contributed by atoms with E-state index in [0.717, 1.165) is 0 Å². The van der Waals surface area contributed by atoms with Crippen LogP contribution in [0.2, 0.25) is 5.22 Å². The lowest BCUT2D eigenvalue weighted by molar-refractivity contribution is 0.0880. The third kappa shape index (κ3) is 3.85. The van der Waals surface area contributed by atoms with E-state index in [1.54, 1.807) is 7.11 Å². The number of alkyl halides is 1. The van der Waals surface area contributed by atoms with E-state index in [9.17, 15) is 4.79 Å². The van der Waals surface area contributed by atoms with Gasteiger partial charge in [-0.15, -0.1) is 0 Å². The molecule has 0 aliphatic heterocycles. The van der Waals surface area contributed by atoms with Crippen LogP contribution in [-0.4, -0.2) is 31.0 Å². The van der Waals surface area contributed by atoms with Crippen LogP contribution >= 0.6 is 27.5 Å². The number of rotatable bonds is 5. The lowest BCUT2D eigenvalue weighted by Crippen LogP contribution is -2.39. The van der Waals surface area contributed by atoms with Crippen LogP contribution in [0.15, 0.2) is 16.5 Å². The molecule has 0 bridgehead atoms. The monoisotopic (exact) mass is 295 g/mol. The van der Waals surface area contributed by atoms with Gasteiger partial charge in [-0.1, -0.05) is 15.9 Å². The van der Waals surface area contributed by atoms with Crippen molar-refractivity contribution in [2.24, 2.45) is 0 Å². The Hall–Kier alpha value is -0.520. The molecule has 0 saturated carbocycles. The Morgan fingerprint density at radius 3 is 2.93 bits per heavy atom. The molecule has 1 aromatic heterocycles. The van der Waals surface area contributed by atoms with Gasteiger partial charge in [0.25, 0.3) is 5.91 Å². The fraction of sp³-hybridized carbons (Fsp3) is 0.444. The number of hydrogen-bond acceptors (Lipinski definition) is 3. The van der Waals surface area contributed by atoms with E-state index in [1.807, 2.05) is 0 Å². The Labute approximate surface area is 101 Å². The molecule has 0 spiro atoms. The number of carbonyl (C=O) groups is 1. The number of amides is 1. The summed E-state index contributed by atoms with van der Waals surface area (Å²) in [4.78, 5) is 11.6. The van der Waals surface area contributed by atoms with Crippen molar-refractivity contribution >= 4 is 33.4 Å². The quantitative estimate of drug-likeness (QED) is 0.846. The van der Waals surface area contributed by atoms with Crippen LogP contribution in [0.1, 0.15) is 10.6 Å². The molecule has 1 aromatic rings. The Kier molecular flexibility index (Phi) is 5.14. The van der Waals surface area contributed by atoms with Crippen LogP contribution in [0.3, 0.4) is 0 Å². The van der Waals surface area contributed by atoms with Crippen molar-refractivity contribution in [3.8, 4) is 0 Å². The topological polar surface area (TPSA) is 51.5 Å². The van der Waals surface area contributed by atoms with Gasteiger partial charge >= 0.3 is 0 Å². The van der Waals surface area contributed by atoms with Crippen molar-refractivity contribution in [3.63, 3.8) is 0 Å². The van der Waals surface area contributed by atoms with E-state index in [4.69, 9.17) is 20.8 Å². The van der Waals surface area contributed by atoms with Crippen LogP contribution in [0.4, 0.5) is 0 Å². The van der Waals surface area contributed by atoms with Crippen LogP contribution in [0.5, 0.6) is 0 Å². The maximum atomic E-state index is 11.6. The first-order valence-electron chi connectivity index (χ1n) is 4.28. The highest BCUT2D eigenvalue weighted by Gasteiger charge is 2.15. The molecule has 1 heterocycles. The second kappa shape index (κ2) is 6.15. The van der Waals surface area contributed by atoms with Gasteiger partial charge < -0.3 is 14.5 Å². The molecule has 0 fully saturated rings. The van der Waals surface area contributed by atoms with E-state index < -0.39 is 0 Å². The zero-order valence-electron chi connectivity index (χ0n) is 8.13. The largest absolute Gasteiger partial charge is 0.440 e. The van der Waals surface area contributed by atoms with Crippen molar-refractivity contribution in [1.82, 2.24) is 5.32 Å². The van der Waals surface area contributed by atoms with Gasteiger partial charge in [0.2, 0.25) is 0 Å². The van der Waals surface area contributed by atoms with Gasteiger partial charge in [0.1, 0.15) is 0 Å². The number of methoxy groups -OCH3 is 1. The fourth-order valence-electron chi connectivity index (χ4n) is 1.02. The lowest BCUT2D eigenvalue weighted by atomic mass is 10.3. The number of halogens is 2. The zero-order chi connectivity index (χ0) is 11.3. The predicted octanol–water partition coefficient (Wildman–Crippen LogP) is 2.07. The minimum absolute atomic E-state index is 0.0913. The second-order valence-corrected chi connectivity index (χ2v) is 3.90. The molecule has 1 atom stereocenters. The molecule has 1 amide bonds. The second-order valence-electron chi connectivity index (χ2n) is 2.88. The Morgan fingerprint density at radius 2 is 2.47 bits per heavy atom. The first-order valence-corrected chi connectivity index (χ1v) is 5.78. The summed E-state index contributed by atoms with van der Waals surface area (Å²) in [5.41, 5.74) is 0. The molecule has 0 aliphatic rings. The lowest BCUT2D eigenvalue weighted by Gasteiger charge is -2.13. The third-order valence-corrected chi connectivity index (χ3v) is 2.67. The Balaban J connectivity index is 2.54. The van der Waals surface area contributed by atoms with E-state index >= 15 is 0 Å². The van der Waals surface area contributed by atoms with Crippen molar-refractivity contribution < 1.29 is 13.9 Å². The fourth-order valence-corrected chi connectivity index (χ4v) is 1.51. The van der Waals surface area contributed by atoms with Crippen LogP contribution in [-0.2, 0) is 4.74 Å². The van der Waals surface area contributed by atoms with Crippen molar-refractivity contribution in [2.45, 2.75) is 6.04 Å². The van der Waals surface area contributed by atoms with Crippen molar-refractivity contribution in [1.29, 1.82) is 0 Å². The Bertz CT molecular complexity index is 329. The van der Waals surface area contributed by atoms with E-state index in [2.05, 4.69) is 21.2 Å². The van der Waals surface area contributed by atoms with Crippen LogP contribution in [0, 0.1) is 0 Å². The smallest absolute Gasteiger partial charge is 0.287 e. The van der Waals surface area contributed by atoms with Gasteiger partial charge in [0.05, 0.1) is 12.6 Å². The number of hydrogen-bond donors (Lipinski definition) is 1. The number of furan rings is 1. The van der Waals surface area contributed by atoms with Gasteiger partial charge in [-0.25, -0.2) is 0 Å². The maximum Gasteiger partial charge on any atom is 0.287 e. The summed E-state index contributed by atoms with van der Waals surface area (Å²) >= 11 is 8.83. The summed E-state index contributed by atoms with van der Waals surface area (Å²) in [5, 5.41) is 3.54. The number of ether oxygens (including phenoxy) is 1. The Morgan fingerprint density at radius 1 is 1.73 bits per heavy atom. The highest BCUT2D eigenvalue weighted by atomic mass is 79.9. The molecule has 15 heavy (non-hydrogen) atoms. The van der Waals surface area contributed by atoms with Gasteiger partial charge in [-0.05, 0) is 23.7 Å². The van der Waals surface area contributed by atoms with E-state index in [0.29, 0.717) is 11.9 Å². The average Bonchev–Trinajstić information content (AvgIpc) is 2.64. The molecule has 0 aromatic carbocycles. The molecule has 6 heteroatoms. The highest BCUT2D eigenvalue weighted by molar-refractivity contribution is 9.09. The van der Waals surface area contributed by atoms with Gasteiger partial charge in [-0.2, -0.15) is 0 Å². The molecule has 1 N–H and O–H groups in total. The SMILES string of the molecule is COCC(CBr)NC(=O)c1ccc(Cl)o1. The molecule has 0 radical (unpaired) electrons. The third-order valence-electron chi connectivity index (χ3n) is 1.69. The minimum Gasteiger partial charge on any atom is -0.440 e. The summed E-state index contributed by atoms with van der Waals surface area (Å²) in [6.45, 7) is 0.436. The van der Waals surface area contributed by atoms with Crippen molar-refractivity contribution in [2.75, 3.05) is 19.0 Å². The standard InChI is InChI=1S/C9H11BrClNO3/c1-14-5-6(4-10)12-9(13)7-2-3-8(11)15-7/h2-3,6H,4-5H2,1H3,(H,12,13). The van der Waals surface area contributed by atoms with E-state index in [-0.39, 0.29) is 22.9 Å². The highest BCUT2D eigenvalue weighted by Crippen LogP contribution is 2.13. The molecule has 84 valence electrons. The first-order chi connectivity index (χ1) is 7.17. The zero-order valence-corrected chi connectivity index (χ0v) is 10.5. The van der Waals surface area contributed by atoms with E-state index in [1.165, 1.54) is 12.1 Å². The van der Waals surface area contributed by atoms with Gasteiger partial charge in [0, 0.05) is 12.4 Å². The maximum absolute atomic E-state index is 11.6. The molecule has 0 aliphatic carbocycles. The average molecular weight is 297 g/mol. The summed E-state index contributed by atoms with van der Waals surface area (Å²) in [7, 11) is 1.57. The number of carbonyl (C=O) groups excluding carboxylic acids is 1. The summed E-state index contributed by atoms with van der Waals surface area (Å²) < 4.78 is 9.90. The normalized spacial score (nSPS) is 12.5. The molecule has 4 nitrogen and oxygen atoms in total. The predicted molar refractivity (Wildman–Crippen MR) is 60.6 cm³/mol. The summed E-state index contributed by atoms with van der Waals surface area (Å²) in [6.07, 6.45) is 0. The summed E-state index contributed by atoms with van der Waals surface area (Å²) in [6, 6.07) is 2.96. The van der Waals surface area contributed by atoms with Crippen LogP contribution in [0.25, 0.3) is 0 Å². The molecule has 1 rings (SSSR count). The van der Waals surface area contributed by atoms with Gasteiger partial charge in [-0.3, -0.25) is 4.79 Å². The first kappa shape index (κ1) is 12.5. The molecular formula is C9H11BrClNO3. The number of nitrogens with one attached hydrogen (secondary N) is 1.